The molecule has 2 unspecified atom stereocenters. The lowest BCUT2D eigenvalue weighted by molar-refractivity contribution is -0.897. The molecule has 6 nitrogen and oxygen atoms in total. The number of hydrogen-bond acceptors (Lipinski definition) is 5. The van der Waals surface area contributed by atoms with Crippen molar-refractivity contribution in [1.29, 1.82) is 0 Å². The van der Waals surface area contributed by atoms with Crippen molar-refractivity contribution in [3.05, 3.63) is 12.8 Å². The van der Waals surface area contributed by atoms with E-state index in [1.807, 2.05) is 20.8 Å². The summed E-state index contributed by atoms with van der Waals surface area (Å²) in [5, 5.41) is 0. The van der Waals surface area contributed by atoms with Gasteiger partial charge in [0.2, 0.25) is 6.29 Å². The molecular weight excluding hydrogens is 260 g/mol. The lowest BCUT2D eigenvalue weighted by atomic mass is 10.1. The van der Waals surface area contributed by atoms with Crippen LogP contribution in [0.15, 0.2) is 12.8 Å². The number of quaternary nitrogens is 1. The summed E-state index contributed by atoms with van der Waals surface area (Å²) in [5.41, 5.74) is -0.446. The minimum absolute atomic E-state index is 0.353. The highest BCUT2D eigenvalue weighted by molar-refractivity contribution is 5.59. The summed E-state index contributed by atoms with van der Waals surface area (Å²) in [7, 11) is 1.61. The third kappa shape index (κ3) is 6.36. The molecule has 20 heavy (non-hydrogen) atoms. The minimum Gasteiger partial charge on any atom is -0.502 e. The van der Waals surface area contributed by atoms with E-state index in [1.54, 1.807) is 14.0 Å². The Morgan fingerprint density at radius 1 is 1.35 bits per heavy atom. The smallest absolute Gasteiger partial charge is 0.502 e. The molecule has 0 aliphatic carbocycles. The second-order valence-corrected chi connectivity index (χ2v) is 5.81. The van der Waals surface area contributed by atoms with Crippen LogP contribution in [0.5, 0.6) is 0 Å². The van der Waals surface area contributed by atoms with Crippen molar-refractivity contribution < 1.29 is 23.6 Å². The van der Waals surface area contributed by atoms with Crippen LogP contribution >= 0.6 is 0 Å². The molecule has 0 rings (SSSR count). The maximum atomic E-state index is 12.0. The fourth-order valence-corrected chi connectivity index (χ4v) is 1.18. The molecule has 6 heteroatoms. The first kappa shape index (κ1) is 18.9. The molecule has 0 fully saturated rings. The van der Waals surface area contributed by atoms with E-state index in [0.717, 1.165) is 12.8 Å². The van der Waals surface area contributed by atoms with E-state index < -0.39 is 17.9 Å². The lowest BCUT2D eigenvalue weighted by Crippen LogP contribution is -2.66. The van der Waals surface area contributed by atoms with Gasteiger partial charge in [-0.3, -0.25) is 0 Å². The molecule has 0 heterocycles. The Bertz CT molecular complexity index is 311. The predicted molar refractivity (Wildman–Crippen MR) is 77.4 cm³/mol. The quantitative estimate of drug-likeness (QED) is 0.141. The summed E-state index contributed by atoms with van der Waals surface area (Å²) in [4.78, 5) is 12.0. The van der Waals surface area contributed by atoms with Gasteiger partial charge in [-0.05, 0) is 40.5 Å². The van der Waals surface area contributed by atoms with Crippen LogP contribution in [-0.2, 0) is 14.2 Å². The van der Waals surface area contributed by atoms with Gasteiger partial charge in [-0.25, -0.2) is 0 Å². The van der Waals surface area contributed by atoms with Crippen LogP contribution in [0.4, 0.5) is 4.79 Å². The van der Waals surface area contributed by atoms with Gasteiger partial charge in [0.25, 0.3) is 0 Å². The van der Waals surface area contributed by atoms with Crippen LogP contribution in [0.25, 0.3) is 0 Å². The number of nitrogens with two attached hydrogens (primary N) is 1. The highest BCUT2D eigenvalue weighted by Crippen LogP contribution is 2.18. The first-order chi connectivity index (χ1) is 9.13. The largest absolute Gasteiger partial charge is 0.538 e. The zero-order chi connectivity index (χ0) is 15.8. The number of rotatable bonds is 8. The van der Waals surface area contributed by atoms with Crippen molar-refractivity contribution in [1.82, 2.24) is 0 Å². The topological polar surface area (TPSA) is 70.8 Å². The molecule has 0 aliphatic heterocycles. The number of hydrogen-bond donors (Lipinski definition) is 1. The van der Waals surface area contributed by atoms with Crippen molar-refractivity contribution >= 4 is 6.09 Å². The van der Waals surface area contributed by atoms with Gasteiger partial charge in [-0.1, -0.05) is 6.58 Å². The molecule has 0 aliphatic rings. The fraction of sp³-hybridized carbons (Fsp3) is 0.786. The zero-order valence-electron chi connectivity index (χ0n) is 13.3. The molecule has 0 saturated carbocycles. The van der Waals surface area contributed by atoms with Crippen LogP contribution in [0, 0.1) is 0 Å². The van der Waals surface area contributed by atoms with E-state index in [0.29, 0.717) is 13.2 Å². The van der Waals surface area contributed by atoms with Crippen molar-refractivity contribution in [2.75, 3.05) is 20.3 Å². The summed E-state index contributed by atoms with van der Waals surface area (Å²) in [6, 6.07) is 0. The van der Waals surface area contributed by atoms with E-state index in [2.05, 4.69) is 6.58 Å². The molecule has 118 valence electrons. The molecule has 0 radical (unpaired) electrons. The Morgan fingerprint density at radius 3 is 2.40 bits per heavy atom. The van der Waals surface area contributed by atoms with E-state index in [4.69, 9.17) is 20.1 Å². The first-order valence-corrected chi connectivity index (χ1v) is 6.83. The maximum absolute atomic E-state index is 12.0. The second kappa shape index (κ2) is 8.24. The zero-order valence-corrected chi connectivity index (χ0v) is 13.3. The number of amides is 1. The van der Waals surface area contributed by atoms with Gasteiger partial charge < -0.3 is 14.2 Å². The summed E-state index contributed by atoms with van der Waals surface area (Å²) in [6.45, 7) is 11.9. The SMILES string of the molecule is C=COCCCCOC(C)OC(=O)[N+](C)(N)C(C)(C)C. The van der Waals surface area contributed by atoms with Crippen molar-refractivity contribution in [3.8, 4) is 0 Å². The first-order valence-electron chi connectivity index (χ1n) is 6.83. The molecule has 1 amide bonds. The Balaban J connectivity index is 4.00. The van der Waals surface area contributed by atoms with Crippen LogP contribution in [0.2, 0.25) is 0 Å². The Morgan fingerprint density at radius 2 is 1.90 bits per heavy atom. The molecule has 0 spiro atoms. The van der Waals surface area contributed by atoms with Crippen LogP contribution in [-0.4, -0.2) is 42.8 Å². The van der Waals surface area contributed by atoms with Crippen LogP contribution in [0.1, 0.15) is 40.5 Å². The van der Waals surface area contributed by atoms with Gasteiger partial charge in [-0.15, -0.1) is 4.59 Å². The van der Waals surface area contributed by atoms with Gasteiger partial charge >= 0.3 is 6.09 Å². The maximum Gasteiger partial charge on any atom is 0.538 e. The summed E-state index contributed by atoms with van der Waals surface area (Å²) in [5.74, 6) is 5.98. The Kier molecular flexibility index (Phi) is 7.78. The third-order valence-corrected chi connectivity index (χ3v) is 3.17. The molecule has 0 saturated heterocycles. The summed E-state index contributed by atoms with van der Waals surface area (Å²) in [6.07, 6.45) is 1.96. The van der Waals surface area contributed by atoms with Crippen molar-refractivity contribution in [3.63, 3.8) is 0 Å². The van der Waals surface area contributed by atoms with Crippen molar-refractivity contribution in [2.24, 2.45) is 5.84 Å². The van der Waals surface area contributed by atoms with Gasteiger partial charge in [0.15, 0.2) is 0 Å². The van der Waals surface area contributed by atoms with Crippen LogP contribution in [0.3, 0.4) is 0 Å². The van der Waals surface area contributed by atoms with Gasteiger partial charge in [0.1, 0.15) is 5.54 Å². The van der Waals surface area contributed by atoms with Crippen LogP contribution < -0.4 is 5.84 Å². The molecule has 0 bridgehead atoms. The average Bonchev–Trinajstić information content (AvgIpc) is 2.32. The van der Waals surface area contributed by atoms with Gasteiger partial charge in [-0.2, -0.15) is 10.6 Å². The highest BCUT2D eigenvalue weighted by Gasteiger charge is 2.43. The molecular formula is C14H29N2O4+. The van der Waals surface area contributed by atoms with E-state index in [9.17, 15) is 4.79 Å². The molecule has 0 aromatic carbocycles. The number of nitrogens with zero attached hydrogens (tertiary/aromatic N) is 1. The molecule has 0 aromatic heterocycles. The number of ether oxygens (including phenoxy) is 3. The normalized spacial score (nSPS) is 16.1. The lowest BCUT2D eigenvalue weighted by Gasteiger charge is -2.36. The molecule has 2 atom stereocenters. The summed E-state index contributed by atoms with van der Waals surface area (Å²) >= 11 is 0. The highest BCUT2D eigenvalue weighted by atomic mass is 16.7. The standard InChI is InChI=1S/C14H29N2O4/c1-7-18-10-8-9-11-19-12(2)20-13(17)16(6,15)14(3,4)5/h7,12H,1,8-11,15H2,2-6H3/q+1. The third-order valence-electron chi connectivity index (χ3n) is 3.17. The average molecular weight is 289 g/mol. The van der Waals surface area contributed by atoms with E-state index >= 15 is 0 Å². The Hall–Kier alpha value is -1.11. The second-order valence-electron chi connectivity index (χ2n) is 5.81. The molecule has 0 aromatic rings. The Labute approximate surface area is 122 Å². The van der Waals surface area contributed by atoms with Gasteiger partial charge in [0.05, 0.1) is 26.5 Å². The fourth-order valence-electron chi connectivity index (χ4n) is 1.18. The van der Waals surface area contributed by atoms with Crippen molar-refractivity contribution in [2.45, 2.75) is 52.4 Å². The molecule has 2 N–H and O–H groups in total. The minimum atomic E-state index is -0.619. The monoisotopic (exact) mass is 289 g/mol. The number of carbonyl (C=O) groups is 1. The van der Waals surface area contributed by atoms with E-state index in [1.165, 1.54) is 6.26 Å². The number of unbranched alkanes of at least 4 members (excludes halogenated alkanes) is 1. The summed E-state index contributed by atoms with van der Waals surface area (Å²) < 4.78 is 15.3. The number of carbonyl (C=O) groups excluding carboxylic acids is 1. The van der Waals surface area contributed by atoms with E-state index in [-0.39, 0.29) is 4.59 Å². The predicted octanol–water partition coefficient (Wildman–Crippen LogP) is 2.54. The van der Waals surface area contributed by atoms with Gasteiger partial charge in [0, 0.05) is 0 Å².